The second-order valence-electron chi connectivity index (χ2n) is 4.99. The van der Waals surface area contributed by atoms with E-state index in [-0.39, 0.29) is 11.0 Å². The number of nitro groups is 1. The Balaban J connectivity index is 3.57. The number of unbranched alkanes of at least 4 members (excludes halogenated alkanes) is 7. The molecule has 0 aromatic heterocycles. The Bertz CT molecular complexity index is 183. The first-order chi connectivity index (χ1) is 8.22. The van der Waals surface area contributed by atoms with Gasteiger partial charge in [-0.15, -0.1) is 0 Å². The van der Waals surface area contributed by atoms with Crippen LogP contribution in [-0.2, 0) is 0 Å². The predicted molar refractivity (Wildman–Crippen MR) is 72.9 cm³/mol. The van der Waals surface area contributed by atoms with E-state index in [4.69, 9.17) is 0 Å². The molecule has 0 radical (unpaired) electrons. The number of hydrogen-bond donors (Lipinski definition) is 0. The van der Waals surface area contributed by atoms with Crippen LogP contribution in [0.5, 0.6) is 0 Å². The zero-order valence-corrected chi connectivity index (χ0v) is 11.6. The fraction of sp³-hybridized carbons (Fsp3) is 1.00. The largest absolute Gasteiger partial charge is 0.264 e. The molecule has 0 aliphatic heterocycles. The summed E-state index contributed by atoms with van der Waals surface area (Å²) < 4.78 is 0. The quantitative estimate of drug-likeness (QED) is 0.276. The molecule has 0 fully saturated rings. The van der Waals surface area contributed by atoms with Crippen molar-refractivity contribution in [1.29, 1.82) is 0 Å². The van der Waals surface area contributed by atoms with Gasteiger partial charge in [-0.05, 0) is 12.8 Å². The maximum Gasteiger partial charge on any atom is 0.213 e. The summed E-state index contributed by atoms with van der Waals surface area (Å²) in [6.07, 6.45) is 12.1. The van der Waals surface area contributed by atoms with Crippen LogP contribution in [0.2, 0.25) is 0 Å². The second-order valence-corrected chi connectivity index (χ2v) is 4.99. The fourth-order valence-corrected chi connectivity index (χ4v) is 2.15. The van der Waals surface area contributed by atoms with E-state index in [9.17, 15) is 10.1 Å². The van der Waals surface area contributed by atoms with Gasteiger partial charge in [0.2, 0.25) is 6.04 Å². The molecule has 0 heterocycles. The molecule has 0 aromatic rings. The van der Waals surface area contributed by atoms with Crippen LogP contribution >= 0.6 is 0 Å². The maximum absolute atomic E-state index is 10.9. The molecule has 17 heavy (non-hydrogen) atoms. The average Bonchev–Trinajstić information content (AvgIpc) is 2.31. The van der Waals surface area contributed by atoms with Gasteiger partial charge in [0.15, 0.2) is 0 Å². The summed E-state index contributed by atoms with van der Waals surface area (Å²) in [6.45, 7) is 4.35. The Morgan fingerprint density at radius 1 is 0.824 bits per heavy atom. The monoisotopic (exact) mass is 243 g/mol. The average molecular weight is 243 g/mol. The lowest BCUT2D eigenvalue weighted by atomic mass is 10.0. The van der Waals surface area contributed by atoms with Gasteiger partial charge in [0.05, 0.1) is 0 Å². The topological polar surface area (TPSA) is 43.1 Å². The second kappa shape index (κ2) is 11.9. The summed E-state index contributed by atoms with van der Waals surface area (Å²) in [5.41, 5.74) is 0. The summed E-state index contributed by atoms with van der Waals surface area (Å²) in [5, 5.41) is 10.9. The summed E-state index contributed by atoms with van der Waals surface area (Å²) >= 11 is 0. The van der Waals surface area contributed by atoms with Gasteiger partial charge < -0.3 is 0 Å². The third-order valence-corrected chi connectivity index (χ3v) is 3.33. The van der Waals surface area contributed by atoms with Gasteiger partial charge in [0, 0.05) is 17.8 Å². The molecular weight excluding hydrogens is 214 g/mol. The minimum atomic E-state index is -0.284. The Kier molecular flexibility index (Phi) is 11.5. The van der Waals surface area contributed by atoms with Gasteiger partial charge in [-0.25, -0.2) is 0 Å². The molecule has 0 saturated carbocycles. The highest BCUT2D eigenvalue weighted by molar-refractivity contribution is 4.58. The highest BCUT2D eigenvalue weighted by Gasteiger charge is 2.18. The summed E-state index contributed by atoms with van der Waals surface area (Å²) in [7, 11) is 0. The SMILES string of the molecule is CCCCCCCC(CCCCCC)[N+](=O)[O-]. The molecule has 0 aromatic carbocycles. The van der Waals surface area contributed by atoms with Crippen molar-refractivity contribution in [3.05, 3.63) is 10.1 Å². The van der Waals surface area contributed by atoms with E-state index in [2.05, 4.69) is 13.8 Å². The fourth-order valence-electron chi connectivity index (χ4n) is 2.15. The molecule has 0 aliphatic carbocycles. The van der Waals surface area contributed by atoms with Crippen molar-refractivity contribution >= 4 is 0 Å². The van der Waals surface area contributed by atoms with Crippen LogP contribution in [0.15, 0.2) is 0 Å². The van der Waals surface area contributed by atoms with Crippen molar-refractivity contribution in [2.24, 2.45) is 0 Å². The number of nitrogens with zero attached hydrogens (tertiary/aromatic N) is 1. The molecule has 0 N–H and O–H groups in total. The number of rotatable bonds is 12. The van der Waals surface area contributed by atoms with Crippen molar-refractivity contribution < 1.29 is 4.92 Å². The summed E-state index contributed by atoms with van der Waals surface area (Å²) in [4.78, 5) is 10.8. The maximum atomic E-state index is 10.9. The third kappa shape index (κ3) is 10.3. The summed E-state index contributed by atoms with van der Waals surface area (Å²) in [5.74, 6) is 0. The van der Waals surface area contributed by atoms with Gasteiger partial charge in [-0.2, -0.15) is 0 Å². The third-order valence-electron chi connectivity index (χ3n) is 3.33. The minimum absolute atomic E-state index is 0.0637. The van der Waals surface area contributed by atoms with Gasteiger partial charge in [0.25, 0.3) is 0 Å². The van der Waals surface area contributed by atoms with E-state index in [1.807, 2.05) is 0 Å². The molecule has 3 heteroatoms. The molecular formula is C14H29NO2. The first-order valence-electron chi connectivity index (χ1n) is 7.35. The molecule has 0 bridgehead atoms. The van der Waals surface area contributed by atoms with Crippen LogP contribution in [0.4, 0.5) is 0 Å². The van der Waals surface area contributed by atoms with E-state index in [1.54, 1.807) is 0 Å². The van der Waals surface area contributed by atoms with E-state index >= 15 is 0 Å². The Morgan fingerprint density at radius 3 is 1.65 bits per heavy atom. The molecule has 3 nitrogen and oxygen atoms in total. The number of hydrogen-bond acceptors (Lipinski definition) is 2. The van der Waals surface area contributed by atoms with Crippen molar-refractivity contribution in [2.45, 2.75) is 90.5 Å². The molecule has 0 saturated heterocycles. The standard InChI is InChI=1S/C14H29NO2/c1-3-5-7-9-11-13-14(15(16)17)12-10-8-6-4-2/h14H,3-13H2,1-2H3. The predicted octanol–water partition coefficient (Wildman–Crippen LogP) is 4.96. The van der Waals surface area contributed by atoms with Crippen molar-refractivity contribution in [1.82, 2.24) is 0 Å². The molecule has 0 amide bonds. The lowest BCUT2D eigenvalue weighted by Crippen LogP contribution is -2.19. The van der Waals surface area contributed by atoms with E-state index in [1.165, 1.54) is 32.1 Å². The molecule has 102 valence electrons. The van der Waals surface area contributed by atoms with Gasteiger partial charge in [-0.1, -0.05) is 58.8 Å². The first-order valence-corrected chi connectivity index (χ1v) is 7.35. The zero-order chi connectivity index (χ0) is 12.9. The first kappa shape index (κ1) is 16.4. The smallest absolute Gasteiger partial charge is 0.213 e. The van der Waals surface area contributed by atoms with Crippen LogP contribution in [0.1, 0.15) is 84.5 Å². The highest BCUT2D eigenvalue weighted by Crippen LogP contribution is 2.15. The van der Waals surface area contributed by atoms with Gasteiger partial charge in [0.1, 0.15) is 0 Å². The Labute approximate surface area is 106 Å². The van der Waals surface area contributed by atoms with E-state index in [0.717, 1.165) is 38.5 Å². The van der Waals surface area contributed by atoms with Crippen LogP contribution in [0.3, 0.4) is 0 Å². The molecule has 0 spiro atoms. The lowest BCUT2D eigenvalue weighted by Gasteiger charge is -2.09. The normalized spacial score (nSPS) is 12.6. The highest BCUT2D eigenvalue weighted by atomic mass is 16.6. The molecule has 1 unspecified atom stereocenters. The van der Waals surface area contributed by atoms with Crippen molar-refractivity contribution in [2.75, 3.05) is 0 Å². The lowest BCUT2D eigenvalue weighted by molar-refractivity contribution is -0.524. The van der Waals surface area contributed by atoms with Crippen molar-refractivity contribution in [3.8, 4) is 0 Å². The van der Waals surface area contributed by atoms with E-state index < -0.39 is 0 Å². The van der Waals surface area contributed by atoms with E-state index in [0.29, 0.717) is 0 Å². The Hall–Kier alpha value is -0.600. The Morgan fingerprint density at radius 2 is 1.24 bits per heavy atom. The minimum Gasteiger partial charge on any atom is -0.264 e. The van der Waals surface area contributed by atoms with Gasteiger partial charge >= 0.3 is 0 Å². The van der Waals surface area contributed by atoms with Crippen molar-refractivity contribution in [3.63, 3.8) is 0 Å². The van der Waals surface area contributed by atoms with Gasteiger partial charge in [-0.3, -0.25) is 10.1 Å². The van der Waals surface area contributed by atoms with Crippen LogP contribution in [0.25, 0.3) is 0 Å². The summed E-state index contributed by atoms with van der Waals surface area (Å²) in [6, 6.07) is -0.284. The molecule has 0 aliphatic rings. The zero-order valence-electron chi connectivity index (χ0n) is 11.6. The molecule has 1 atom stereocenters. The van der Waals surface area contributed by atoms with Crippen LogP contribution in [-0.4, -0.2) is 11.0 Å². The van der Waals surface area contributed by atoms with Crippen LogP contribution in [0, 0.1) is 10.1 Å². The molecule has 0 rings (SSSR count). The van der Waals surface area contributed by atoms with Crippen LogP contribution < -0.4 is 0 Å².